The van der Waals surface area contributed by atoms with Crippen LogP contribution >= 0.6 is 0 Å². The molecule has 20 heavy (non-hydrogen) atoms. The fourth-order valence-electron chi connectivity index (χ4n) is 1.94. The average Bonchev–Trinajstić information content (AvgIpc) is 2.92. The van der Waals surface area contributed by atoms with Gasteiger partial charge < -0.3 is 9.84 Å². The van der Waals surface area contributed by atoms with E-state index < -0.39 is 0 Å². The van der Waals surface area contributed by atoms with Crippen molar-refractivity contribution < 1.29 is 9.84 Å². The van der Waals surface area contributed by atoms with Crippen LogP contribution in [0.25, 0.3) is 12.2 Å². The second kappa shape index (κ2) is 6.80. The number of aromatic amines is 1. The van der Waals surface area contributed by atoms with Crippen LogP contribution in [0.3, 0.4) is 0 Å². The van der Waals surface area contributed by atoms with Crippen molar-refractivity contribution in [2.24, 2.45) is 0 Å². The number of hydrogen-bond donors (Lipinski definition) is 2. The van der Waals surface area contributed by atoms with E-state index >= 15 is 0 Å². The number of nitrogens with one attached hydrogen (secondary N) is 1. The molecule has 0 spiro atoms. The van der Waals surface area contributed by atoms with E-state index in [1.165, 1.54) is 20.0 Å². The monoisotopic (exact) mass is 272 g/mol. The zero-order valence-electron chi connectivity index (χ0n) is 11.9. The zero-order valence-corrected chi connectivity index (χ0v) is 11.9. The molecular formula is C16H20N2O2. The number of phenolic OH excluding ortho intramolecular Hbond substituents is 1. The lowest BCUT2D eigenvalue weighted by Crippen LogP contribution is -1.84. The number of phenols is 1. The Morgan fingerprint density at radius 1 is 1.30 bits per heavy atom. The van der Waals surface area contributed by atoms with Gasteiger partial charge in [0.2, 0.25) is 0 Å². The zero-order chi connectivity index (χ0) is 14.4. The first-order valence-electron chi connectivity index (χ1n) is 6.82. The van der Waals surface area contributed by atoms with E-state index in [0.717, 1.165) is 23.4 Å². The van der Waals surface area contributed by atoms with Crippen LogP contribution < -0.4 is 4.74 Å². The number of H-pyrrole nitrogens is 1. The van der Waals surface area contributed by atoms with Gasteiger partial charge >= 0.3 is 0 Å². The summed E-state index contributed by atoms with van der Waals surface area (Å²) in [4.78, 5) is 0. The molecular weight excluding hydrogens is 252 g/mol. The topological polar surface area (TPSA) is 58.1 Å². The second-order valence-corrected chi connectivity index (χ2v) is 4.69. The number of rotatable bonds is 6. The summed E-state index contributed by atoms with van der Waals surface area (Å²) in [5.74, 6) is 0.615. The van der Waals surface area contributed by atoms with Crippen molar-refractivity contribution >= 4 is 12.2 Å². The van der Waals surface area contributed by atoms with Crippen molar-refractivity contribution in [2.45, 2.75) is 26.2 Å². The van der Waals surface area contributed by atoms with E-state index in [-0.39, 0.29) is 5.75 Å². The first-order chi connectivity index (χ1) is 9.72. The van der Waals surface area contributed by atoms with Crippen molar-refractivity contribution in [3.05, 3.63) is 41.2 Å². The standard InChI is InChI=1S/C16H20N2O2/c1-3-4-5-13-11-14(18-17-13)8-6-12-7-9-15(19)16(10-12)20-2/h6-11,19H,3-5H2,1-2H3,(H,17,18)/b8-6+. The van der Waals surface area contributed by atoms with Crippen LogP contribution in [-0.4, -0.2) is 22.4 Å². The Hall–Kier alpha value is -2.23. The summed E-state index contributed by atoms with van der Waals surface area (Å²) in [6.07, 6.45) is 7.27. The molecule has 0 aliphatic heterocycles. The van der Waals surface area contributed by atoms with Gasteiger partial charge in [-0.05, 0) is 42.7 Å². The molecule has 0 amide bonds. The van der Waals surface area contributed by atoms with Crippen LogP contribution in [0.2, 0.25) is 0 Å². The van der Waals surface area contributed by atoms with Crippen molar-refractivity contribution in [1.29, 1.82) is 0 Å². The summed E-state index contributed by atoms with van der Waals surface area (Å²) >= 11 is 0. The lowest BCUT2D eigenvalue weighted by atomic mass is 10.1. The molecule has 1 heterocycles. The molecule has 0 bridgehead atoms. The Balaban J connectivity index is 2.07. The van der Waals surface area contributed by atoms with Crippen LogP contribution in [-0.2, 0) is 6.42 Å². The molecule has 1 aromatic heterocycles. The Bertz CT molecular complexity index is 588. The second-order valence-electron chi connectivity index (χ2n) is 4.69. The number of ether oxygens (including phenoxy) is 1. The summed E-state index contributed by atoms with van der Waals surface area (Å²) in [7, 11) is 1.54. The van der Waals surface area contributed by atoms with Crippen LogP contribution in [0.4, 0.5) is 0 Å². The molecule has 0 saturated heterocycles. The minimum absolute atomic E-state index is 0.145. The van der Waals surface area contributed by atoms with Gasteiger partial charge in [0.25, 0.3) is 0 Å². The van der Waals surface area contributed by atoms with Gasteiger partial charge in [-0.15, -0.1) is 0 Å². The van der Waals surface area contributed by atoms with E-state index in [4.69, 9.17) is 4.74 Å². The van der Waals surface area contributed by atoms with Crippen molar-refractivity contribution in [1.82, 2.24) is 10.2 Å². The fourth-order valence-corrected chi connectivity index (χ4v) is 1.94. The molecule has 4 nitrogen and oxygen atoms in total. The quantitative estimate of drug-likeness (QED) is 0.844. The molecule has 0 radical (unpaired) electrons. The molecule has 0 fully saturated rings. The summed E-state index contributed by atoms with van der Waals surface area (Å²) in [6.45, 7) is 2.18. The average molecular weight is 272 g/mol. The third-order valence-corrected chi connectivity index (χ3v) is 3.10. The number of methoxy groups -OCH3 is 1. The van der Waals surface area contributed by atoms with E-state index in [1.807, 2.05) is 18.2 Å². The Kier molecular flexibility index (Phi) is 4.82. The number of hydrogen-bond acceptors (Lipinski definition) is 3. The highest BCUT2D eigenvalue weighted by Gasteiger charge is 2.01. The molecule has 2 rings (SSSR count). The summed E-state index contributed by atoms with van der Waals surface area (Å²) in [6, 6.07) is 7.30. The molecule has 4 heteroatoms. The lowest BCUT2D eigenvalue weighted by molar-refractivity contribution is 0.373. The van der Waals surface area contributed by atoms with Crippen LogP contribution in [0.15, 0.2) is 24.3 Å². The Labute approximate surface area is 119 Å². The third kappa shape index (κ3) is 3.63. The minimum Gasteiger partial charge on any atom is -0.504 e. The fraction of sp³-hybridized carbons (Fsp3) is 0.312. The number of aromatic nitrogens is 2. The van der Waals surface area contributed by atoms with Gasteiger partial charge in [0.1, 0.15) is 0 Å². The molecule has 0 aliphatic rings. The van der Waals surface area contributed by atoms with Crippen molar-refractivity contribution in [3.63, 3.8) is 0 Å². The predicted molar refractivity (Wildman–Crippen MR) is 80.8 cm³/mol. The van der Waals surface area contributed by atoms with Gasteiger partial charge in [-0.1, -0.05) is 25.5 Å². The van der Waals surface area contributed by atoms with Gasteiger partial charge in [-0.2, -0.15) is 5.10 Å². The maximum absolute atomic E-state index is 9.54. The largest absolute Gasteiger partial charge is 0.504 e. The molecule has 1 aromatic carbocycles. The van der Waals surface area contributed by atoms with E-state index in [0.29, 0.717) is 5.75 Å². The van der Waals surface area contributed by atoms with Crippen molar-refractivity contribution in [3.8, 4) is 11.5 Å². The highest BCUT2D eigenvalue weighted by molar-refractivity contribution is 5.69. The van der Waals surface area contributed by atoms with Gasteiger partial charge in [-0.3, -0.25) is 5.10 Å². The predicted octanol–water partition coefficient (Wildman–Crippen LogP) is 3.64. The maximum Gasteiger partial charge on any atom is 0.161 e. The van der Waals surface area contributed by atoms with Gasteiger partial charge in [0, 0.05) is 5.69 Å². The van der Waals surface area contributed by atoms with Crippen LogP contribution in [0, 0.1) is 0 Å². The first-order valence-corrected chi connectivity index (χ1v) is 6.82. The SMILES string of the molecule is CCCCc1cc(/C=C/c2ccc(O)c(OC)c2)n[nH]1. The number of aromatic hydroxyl groups is 1. The number of aryl methyl sites for hydroxylation is 1. The smallest absolute Gasteiger partial charge is 0.161 e. The van der Waals surface area contributed by atoms with Crippen LogP contribution in [0.5, 0.6) is 11.5 Å². The maximum atomic E-state index is 9.54. The molecule has 0 atom stereocenters. The van der Waals surface area contributed by atoms with Gasteiger partial charge in [0.05, 0.1) is 12.8 Å². The van der Waals surface area contributed by atoms with E-state index in [2.05, 4.69) is 23.2 Å². The molecule has 0 saturated carbocycles. The third-order valence-electron chi connectivity index (χ3n) is 3.10. The first kappa shape index (κ1) is 14.2. The van der Waals surface area contributed by atoms with Crippen LogP contribution in [0.1, 0.15) is 36.7 Å². The molecule has 0 unspecified atom stereocenters. The highest BCUT2D eigenvalue weighted by Crippen LogP contribution is 2.26. The van der Waals surface area contributed by atoms with E-state index in [1.54, 1.807) is 12.1 Å². The Morgan fingerprint density at radius 2 is 2.15 bits per heavy atom. The summed E-state index contributed by atoms with van der Waals surface area (Å²) in [5.41, 5.74) is 3.02. The number of benzene rings is 1. The lowest BCUT2D eigenvalue weighted by Gasteiger charge is -2.03. The van der Waals surface area contributed by atoms with E-state index in [9.17, 15) is 5.11 Å². The Morgan fingerprint density at radius 3 is 2.90 bits per heavy atom. The van der Waals surface area contributed by atoms with Gasteiger partial charge in [-0.25, -0.2) is 0 Å². The molecule has 2 aromatic rings. The summed E-state index contributed by atoms with van der Waals surface area (Å²) in [5, 5.41) is 16.8. The number of unbranched alkanes of at least 4 members (excludes halogenated alkanes) is 1. The number of nitrogens with zero attached hydrogens (tertiary/aromatic N) is 1. The molecule has 2 N–H and O–H groups in total. The normalized spacial score (nSPS) is 11.1. The van der Waals surface area contributed by atoms with Gasteiger partial charge in [0.15, 0.2) is 11.5 Å². The highest BCUT2D eigenvalue weighted by atomic mass is 16.5. The minimum atomic E-state index is 0.145. The molecule has 106 valence electrons. The molecule has 0 aliphatic carbocycles. The summed E-state index contributed by atoms with van der Waals surface area (Å²) < 4.78 is 5.08. The van der Waals surface area contributed by atoms with Crippen molar-refractivity contribution in [2.75, 3.05) is 7.11 Å².